The lowest BCUT2D eigenvalue weighted by molar-refractivity contribution is -0.117. The number of alkyl halides is 2. The van der Waals surface area contributed by atoms with Gasteiger partial charge in [-0.15, -0.1) is 0 Å². The first-order valence-electron chi connectivity index (χ1n) is 11.4. The lowest BCUT2D eigenvalue weighted by atomic mass is 9.91. The third kappa shape index (κ3) is 5.13. The molecule has 1 saturated carbocycles. The minimum absolute atomic E-state index is 0.0520. The van der Waals surface area contributed by atoms with E-state index in [2.05, 4.69) is 25.6 Å². The van der Waals surface area contributed by atoms with Crippen LogP contribution in [0, 0.1) is 5.92 Å². The maximum atomic E-state index is 13.3. The van der Waals surface area contributed by atoms with Crippen LogP contribution < -0.4 is 10.6 Å². The molecular formula is C23H25F2N5O4S. The minimum Gasteiger partial charge on any atom is -0.381 e. The highest BCUT2D eigenvalue weighted by molar-refractivity contribution is 7.90. The van der Waals surface area contributed by atoms with Gasteiger partial charge in [-0.3, -0.25) is 4.79 Å². The van der Waals surface area contributed by atoms with Crippen LogP contribution in [0.4, 0.5) is 26.0 Å². The highest BCUT2D eigenvalue weighted by Crippen LogP contribution is 2.36. The zero-order valence-electron chi connectivity index (χ0n) is 19.0. The number of hydrogen-bond donors (Lipinski definition) is 3. The molecule has 0 bridgehead atoms. The molecule has 0 radical (unpaired) electrons. The summed E-state index contributed by atoms with van der Waals surface area (Å²) in [4.78, 5) is 23.0. The standard InChI is InChI=1S/C23H25F2N5O4S/c1-35(32,33)17-10-14(12-6-8-34-9-7-12)4-5-15(17)26-16-11-18(28-23(31)13-2-3-13)27-21-19(16)29-22(30-21)20(24)25/h4-5,10-13,20H,2-3,6-9H2,1H3,(H3,26,27,28,29,30,31). The van der Waals surface area contributed by atoms with Crippen LogP contribution in [0.3, 0.4) is 0 Å². The van der Waals surface area contributed by atoms with Crippen LogP contribution in [0.2, 0.25) is 0 Å². The summed E-state index contributed by atoms with van der Waals surface area (Å²) < 4.78 is 57.4. The van der Waals surface area contributed by atoms with E-state index < -0.39 is 22.1 Å². The molecule has 3 heterocycles. The van der Waals surface area contributed by atoms with E-state index in [-0.39, 0.29) is 51.0 Å². The van der Waals surface area contributed by atoms with Crippen LogP contribution in [-0.4, -0.2) is 48.7 Å². The first kappa shape index (κ1) is 23.6. The number of rotatable bonds is 7. The number of aromatic amines is 1. The fraction of sp³-hybridized carbons (Fsp3) is 0.435. The Morgan fingerprint density at radius 2 is 1.86 bits per heavy atom. The summed E-state index contributed by atoms with van der Waals surface area (Å²) in [6.07, 6.45) is 1.44. The molecule has 3 N–H and O–H groups in total. The molecule has 0 atom stereocenters. The number of sulfone groups is 1. The van der Waals surface area contributed by atoms with Crippen LogP contribution >= 0.6 is 0 Å². The predicted molar refractivity (Wildman–Crippen MR) is 126 cm³/mol. The van der Waals surface area contributed by atoms with Gasteiger partial charge in [-0.1, -0.05) is 6.07 Å². The van der Waals surface area contributed by atoms with Crippen LogP contribution in [0.5, 0.6) is 0 Å². The second-order valence-corrected chi connectivity index (χ2v) is 11.0. The smallest absolute Gasteiger partial charge is 0.295 e. The van der Waals surface area contributed by atoms with E-state index in [4.69, 9.17) is 4.74 Å². The number of nitrogens with one attached hydrogen (secondary N) is 3. The van der Waals surface area contributed by atoms with Crippen molar-refractivity contribution in [1.29, 1.82) is 0 Å². The van der Waals surface area contributed by atoms with Crippen LogP contribution in [0.25, 0.3) is 11.2 Å². The van der Waals surface area contributed by atoms with Gasteiger partial charge in [-0.2, -0.15) is 0 Å². The van der Waals surface area contributed by atoms with Crippen molar-refractivity contribution in [3.8, 4) is 0 Å². The van der Waals surface area contributed by atoms with Gasteiger partial charge in [-0.05, 0) is 49.3 Å². The number of carbonyl (C=O) groups excluding carboxylic acids is 1. The van der Waals surface area contributed by atoms with Gasteiger partial charge in [-0.25, -0.2) is 27.2 Å². The molecule has 1 aliphatic heterocycles. The average molecular weight is 506 g/mol. The molecule has 186 valence electrons. The van der Waals surface area contributed by atoms with Crippen LogP contribution in [0.1, 0.15) is 49.4 Å². The van der Waals surface area contributed by atoms with Gasteiger partial charge in [0.2, 0.25) is 5.91 Å². The Hall–Kier alpha value is -3.12. The normalized spacial score (nSPS) is 17.1. The second kappa shape index (κ2) is 9.15. The van der Waals surface area contributed by atoms with Crippen molar-refractivity contribution in [1.82, 2.24) is 15.0 Å². The number of halogens is 2. The molecule has 2 aromatic heterocycles. The molecule has 35 heavy (non-hydrogen) atoms. The SMILES string of the molecule is CS(=O)(=O)c1cc(C2CCOCC2)ccc1Nc1cc(NC(=O)C2CC2)nc2[nH]c(C(F)F)nc12. The number of pyridine rings is 1. The number of anilines is 3. The van der Waals surface area contributed by atoms with Gasteiger partial charge < -0.3 is 20.4 Å². The van der Waals surface area contributed by atoms with E-state index in [0.717, 1.165) is 37.5 Å². The average Bonchev–Trinajstić information content (AvgIpc) is 3.58. The monoisotopic (exact) mass is 505 g/mol. The van der Waals surface area contributed by atoms with Crippen molar-refractivity contribution >= 4 is 44.1 Å². The molecule has 1 aliphatic carbocycles. The summed E-state index contributed by atoms with van der Waals surface area (Å²) in [7, 11) is -3.64. The number of imidazole rings is 1. The summed E-state index contributed by atoms with van der Waals surface area (Å²) in [5.41, 5.74) is 1.58. The Balaban J connectivity index is 1.55. The van der Waals surface area contributed by atoms with Gasteiger partial charge in [0.05, 0.1) is 16.3 Å². The zero-order chi connectivity index (χ0) is 24.7. The summed E-state index contributed by atoms with van der Waals surface area (Å²) in [6, 6.07) is 6.64. The fourth-order valence-corrected chi connectivity index (χ4v) is 5.09. The lowest BCUT2D eigenvalue weighted by Gasteiger charge is -2.23. The zero-order valence-corrected chi connectivity index (χ0v) is 19.8. The van der Waals surface area contributed by atoms with Crippen molar-refractivity contribution in [3.05, 3.63) is 35.7 Å². The van der Waals surface area contributed by atoms with Crippen LogP contribution in [-0.2, 0) is 19.4 Å². The number of benzene rings is 1. The molecule has 3 aromatic rings. The number of fused-ring (bicyclic) bond motifs is 1. The number of hydrogen-bond acceptors (Lipinski definition) is 7. The van der Waals surface area contributed by atoms with E-state index in [1.165, 1.54) is 6.07 Å². The maximum Gasteiger partial charge on any atom is 0.295 e. The predicted octanol–water partition coefficient (Wildman–Crippen LogP) is 4.29. The van der Waals surface area contributed by atoms with Crippen molar-refractivity contribution in [3.63, 3.8) is 0 Å². The Morgan fingerprint density at radius 1 is 1.11 bits per heavy atom. The molecule has 0 unspecified atom stereocenters. The second-order valence-electron chi connectivity index (χ2n) is 8.98. The quantitative estimate of drug-likeness (QED) is 0.437. The van der Waals surface area contributed by atoms with Crippen molar-refractivity contribution < 1.29 is 26.7 Å². The maximum absolute atomic E-state index is 13.3. The van der Waals surface area contributed by atoms with E-state index >= 15 is 0 Å². The minimum atomic E-state index is -3.64. The number of amides is 1. The van der Waals surface area contributed by atoms with Gasteiger partial charge in [0, 0.05) is 31.5 Å². The van der Waals surface area contributed by atoms with Crippen LogP contribution in [0.15, 0.2) is 29.2 Å². The molecular weight excluding hydrogens is 480 g/mol. The molecule has 5 rings (SSSR count). The van der Waals surface area contributed by atoms with Gasteiger partial charge in [0.1, 0.15) is 11.3 Å². The molecule has 2 aliphatic rings. The Morgan fingerprint density at radius 3 is 2.51 bits per heavy atom. The summed E-state index contributed by atoms with van der Waals surface area (Å²) in [5, 5.41) is 5.74. The number of carbonyl (C=O) groups is 1. The Labute approximate surface area is 200 Å². The summed E-state index contributed by atoms with van der Waals surface area (Å²) in [5.74, 6) is -0.512. The van der Waals surface area contributed by atoms with E-state index in [1.54, 1.807) is 12.1 Å². The van der Waals surface area contributed by atoms with Gasteiger partial charge in [0.15, 0.2) is 21.3 Å². The molecule has 1 amide bonds. The van der Waals surface area contributed by atoms with Crippen molar-refractivity contribution in [2.75, 3.05) is 30.1 Å². The Kier molecular flexibility index (Phi) is 6.18. The van der Waals surface area contributed by atoms with Gasteiger partial charge in [0.25, 0.3) is 6.43 Å². The summed E-state index contributed by atoms with van der Waals surface area (Å²) >= 11 is 0. The third-order valence-corrected chi connectivity index (χ3v) is 7.38. The summed E-state index contributed by atoms with van der Waals surface area (Å²) in [6.45, 7) is 1.24. The van der Waals surface area contributed by atoms with E-state index in [9.17, 15) is 22.0 Å². The molecule has 1 aromatic carbocycles. The topological polar surface area (TPSA) is 126 Å². The molecule has 1 saturated heterocycles. The van der Waals surface area contributed by atoms with E-state index in [0.29, 0.717) is 13.2 Å². The van der Waals surface area contributed by atoms with Crippen molar-refractivity contribution in [2.24, 2.45) is 5.92 Å². The highest BCUT2D eigenvalue weighted by atomic mass is 32.2. The lowest BCUT2D eigenvalue weighted by Crippen LogP contribution is -2.15. The molecule has 0 spiro atoms. The number of ether oxygens (including phenoxy) is 1. The number of nitrogens with zero attached hydrogens (tertiary/aromatic N) is 2. The molecule has 2 fully saturated rings. The largest absolute Gasteiger partial charge is 0.381 e. The molecule has 12 heteroatoms. The molecule has 9 nitrogen and oxygen atoms in total. The first-order valence-corrected chi connectivity index (χ1v) is 13.3. The highest BCUT2D eigenvalue weighted by Gasteiger charge is 2.30. The fourth-order valence-electron chi connectivity index (χ4n) is 4.22. The van der Waals surface area contributed by atoms with Crippen molar-refractivity contribution in [2.45, 2.75) is 42.9 Å². The van der Waals surface area contributed by atoms with Gasteiger partial charge >= 0.3 is 0 Å². The number of aromatic nitrogens is 3. The first-order chi connectivity index (χ1) is 16.7. The third-order valence-electron chi connectivity index (χ3n) is 6.24. The number of H-pyrrole nitrogens is 1. The Bertz CT molecular complexity index is 1380. The van der Waals surface area contributed by atoms with E-state index in [1.807, 2.05) is 6.07 Å².